The van der Waals surface area contributed by atoms with Crippen LogP contribution in [0.1, 0.15) is 12.7 Å². The molecular weight excluding hydrogens is 198 g/mol. The second kappa shape index (κ2) is 3.26. The Balaban J connectivity index is 2.77. The van der Waals surface area contributed by atoms with Crippen LogP contribution in [0.3, 0.4) is 0 Å². The molecule has 2 aromatic rings. The fourth-order valence-electron chi connectivity index (χ4n) is 1.32. The number of H-pyrrole nitrogens is 1. The summed E-state index contributed by atoms with van der Waals surface area (Å²) in [5, 5.41) is 0. The number of anilines is 1. The summed E-state index contributed by atoms with van der Waals surface area (Å²) < 4.78 is 0.947. The van der Waals surface area contributed by atoms with Gasteiger partial charge in [0.2, 0.25) is 5.95 Å². The molecule has 0 atom stereocenters. The van der Waals surface area contributed by atoms with Crippen molar-refractivity contribution >= 4 is 17.1 Å². The Bertz CT molecular complexity index is 556. The van der Waals surface area contributed by atoms with Crippen LogP contribution < -0.4 is 16.1 Å². The maximum absolute atomic E-state index is 11.8. The Morgan fingerprint density at radius 2 is 2.27 bits per heavy atom. The molecule has 15 heavy (non-hydrogen) atoms. The SMILES string of the molecule is CCOn1c(N)nc2[nH]c(C)nc2c1=O. The molecule has 7 heteroatoms. The van der Waals surface area contributed by atoms with Crippen molar-refractivity contribution in [2.45, 2.75) is 13.8 Å². The number of nitrogen functional groups attached to an aromatic ring is 1. The number of imidazole rings is 1. The van der Waals surface area contributed by atoms with E-state index in [1.807, 2.05) is 0 Å². The summed E-state index contributed by atoms with van der Waals surface area (Å²) in [5.74, 6) is 0.626. The van der Waals surface area contributed by atoms with Gasteiger partial charge in [0.25, 0.3) is 0 Å². The van der Waals surface area contributed by atoms with Gasteiger partial charge in [-0.2, -0.15) is 4.98 Å². The number of hydrogen-bond acceptors (Lipinski definition) is 5. The van der Waals surface area contributed by atoms with Crippen molar-refractivity contribution in [3.05, 3.63) is 16.2 Å². The quantitative estimate of drug-likeness (QED) is 0.692. The largest absolute Gasteiger partial charge is 0.408 e. The minimum atomic E-state index is -0.399. The number of fused-ring (bicyclic) bond motifs is 1. The normalized spacial score (nSPS) is 10.8. The Morgan fingerprint density at radius 1 is 1.53 bits per heavy atom. The lowest BCUT2D eigenvalue weighted by atomic mass is 10.5. The molecule has 7 nitrogen and oxygen atoms in total. The monoisotopic (exact) mass is 209 g/mol. The van der Waals surface area contributed by atoms with E-state index in [9.17, 15) is 4.79 Å². The van der Waals surface area contributed by atoms with Gasteiger partial charge in [-0.25, -0.2) is 4.98 Å². The molecule has 0 aromatic carbocycles. The third kappa shape index (κ3) is 1.41. The number of hydrogen-bond donors (Lipinski definition) is 2. The lowest BCUT2D eigenvalue weighted by molar-refractivity contribution is 0.117. The maximum atomic E-state index is 11.8. The van der Waals surface area contributed by atoms with Crippen LogP contribution in [-0.4, -0.2) is 26.3 Å². The zero-order chi connectivity index (χ0) is 11.0. The predicted molar refractivity (Wildman–Crippen MR) is 54.4 cm³/mol. The molecule has 0 aliphatic carbocycles. The van der Waals surface area contributed by atoms with Crippen molar-refractivity contribution in [3.63, 3.8) is 0 Å². The zero-order valence-corrected chi connectivity index (χ0v) is 8.44. The highest BCUT2D eigenvalue weighted by atomic mass is 16.7. The van der Waals surface area contributed by atoms with E-state index in [0.29, 0.717) is 18.1 Å². The van der Waals surface area contributed by atoms with E-state index < -0.39 is 5.56 Å². The highest BCUT2D eigenvalue weighted by molar-refractivity contribution is 5.70. The van der Waals surface area contributed by atoms with Crippen LogP contribution in [0.4, 0.5) is 5.95 Å². The molecule has 2 heterocycles. The van der Waals surface area contributed by atoms with Crippen molar-refractivity contribution in [2.75, 3.05) is 12.3 Å². The van der Waals surface area contributed by atoms with E-state index in [0.717, 1.165) is 4.73 Å². The number of aromatic nitrogens is 4. The van der Waals surface area contributed by atoms with Gasteiger partial charge < -0.3 is 15.6 Å². The first-order valence-corrected chi connectivity index (χ1v) is 4.51. The smallest absolute Gasteiger partial charge is 0.316 e. The van der Waals surface area contributed by atoms with Crippen molar-refractivity contribution in [3.8, 4) is 0 Å². The standard InChI is InChI=1S/C8H11N5O2/c1-3-15-13-7(14)5-6(12-8(13)9)11-4(2)10-5/h3H2,1-2H3,(H2,9,12)(H,10,11). The Kier molecular flexibility index (Phi) is 2.07. The lowest BCUT2D eigenvalue weighted by Crippen LogP contribution is -2.30. The third-order valence-electron chi connectivity index (χ3n) is 1.88. The van der Waals surface area contributed by atoms with Crippen molar-refractivity contribution in [1.29, 1.82) is 0 Å². The highest BCUT2D eigenvalue weighted by Crippen LogP contribution is 2.05. The Morgan fingerprint density at radius 3 is 2.93 bits per heavy atom. The van der Waals surface area contributed by atoms with Gasteiger partial charge in [0.05, 0.1) is 0 Å². The topological polar surface area (TPSA) is 98.8 Å². The van der Waals surface area contributed by atoms with Crippen molar-refractivity contribution < 1.29 is 4.84 Å². The van der Waals surface area contributed by atoms with Gasteiger partial charge >= 0.3 is 5.56 Å². The molecular formula is C8H11N5O2. The molecule has 0 radical (unpaired) electrons. The van der Waals surface area contributed by atoms with Gasteiger partial charge in [0.15, 0.2) is 11.2 Å². The summed E-state index contributed by atoms with van der Waals surface area (Å²) >= 11 is 0. The molecule has 0 saturated carbocycles. The molecule has 0 saturated heterocycles. The minimum Gasteiger partial charge on any atom is -0.408 e. The number of aryl methyl sites for hydroxylation is 1. The van der Waals surface area contributed by atoms with Crippen LogP contribution in [0.25, 0.3) is 11.2 Å². The number of rotatable bonds is 2. The Labute approximate surface area is 84.9 Å². The fourth-order valence-corrected chi connectivity index (χ4v) is 1.32. The first-order chi connectivity index (χ1) is 7.13. The van der Waals surface area contributed by atoms with Gasteiger partial charge in [-0.1, -0.05) is 0 Å². The van der Waals surface area contributed by atoms with E-state index >= 15 is 0 Å². The van der Waals surface area contributed by atoms with Crippen LogP contribution in [-0.2, 0) is 0 Å². The fraction of sp³-hybridized carbons (Fsp3) is 0.375. The van der Waals surface area contributed by atoms with Crippen LogP contribution in [0.2, 0.25) is 0 Å². The van der Waals surface area contributed by atoms with Gasteiger partial charge in [0, 0.05) is 0 Å². The summed E-state index contributed by atoms with van der Waals surface area (Å²) in [6.45, 7) is 3.83. The summed E-state index contributed by atoms with van der Waals surface area (Å²) in [6, 6.07) is 0. The van der Waals surface area contributed by atoms with Crippen molar-refractivity contribution in [1.82, 2.24) is 19.7 Å². The number of nitrogens with zero attached hydrogens (tertiary/aromatic N) is 3. The first-order valence-electron chi connectivity index (χ1n) is 4.51. The highest BCUT2D eigenvalue weighted by Gasteiger charge is 2.12. The first kappa shape index (κ1) is 9.50. The zero-order valence-electron chi connectivity index (χ0n) is 8.44. The van der Waals surface area contributed by atoms with Gasteiger partial charge in [-0.3, -0.25) is 4.79 Å². The molecule has 3 N–H and O–H groups in total. The summed E-state index contributed by atoms with van der Waals surface area (Å²) in [6.07, 6.45) is 0. The van der Waals surface area contributed by atoms with Gasteiger partial charge in [0.1, 0.15) is 12.4 Å². The van der Waals surface area contributed by atoms with E-state index in [1.54, 1.807) is 13.8 Å². The number of aromatic amines is 1. The second-order valence-corrected chi connectivity index (χ2v) is 3.01. The molecule has 2 aromatic heterocycles. The molecule has 0 unspecified atom stereocenters. The molecule has 0 spiro atoms. The summed E-state index contributed by atoms with van der Waals surface area (Å²) in [5.41, 5.74) is 5.77. The van der Waals surface area contributed by atoms with Gasteiger partial charge in [-0.05, 0) is 13.8 Å². The molecule has 0 aliphatic rings. The molecule has 0 aliphatic heterocycles. The van der Waals surface area contributed by atoms with E-state index in [4.69, 9.17) is 10.6 Å². The minimum absolute atomic E-state index is 0.0120. The summed E-state index contributed by atoms with van der Waals surface area (Å²) in [7, 11) is 0. The van der Waals surface area contributed by atoms with Crippen LogP contribution in [0.5, 0.6) is 0 Å². The molecule has 0 bridgehead atoms. The molecule has 2 rings (SSSR count). The van der Waals surface area contributed by atoms with Gasteiger partial charge in [-0.15, -0.1) is 4.73 Å². The van der Waals surface area contributed by atoms with Crippen LogP contribution in [0, 0.1) is 6.92 Å². The van der Waals surface area contributed by atoms with E-state index in [-0.39, 0.29) is 11.5 Å². The average Bonchev–Trinajstić information content (AvgIpc) is 2.53. The lowest BCUT2D eigenvalue weighted by Gasteiger charge is -2.06. The molecule has 0 fully saturated rings. The third-order valence-corrected chi connectivity index (χ3v) is 1.88. The van der Waals surface area contributed by atoms with Crippen molar-refractivity contribution in [2.24, 2.45) is 0 Å². The van der Waals surface area contributed by atoms with Crippen LogP contribution in [0.15, 0.2) is 4.79 Å². The van der Waals surface area contributed by atoms with Crippen LogP contribution >= 0.6 is 0 Å². The number of nitrogens with two attached hydrogens (primary N) is 1. The second-order valence-electron chi connectivity index (χ2n) is 3.01. The average molecular weight is 209 g/mol. The number of nitrogens with one attached hydrogen (secondary N) is 1. The molecule has 80 valence electrons. The van der Waals surface area contributed by atoms with E-state index in [2.05, 4.69) is 15.0 Å². The Hall–Kier alpha value is -2.05. The maximum Gasteiger partial charge on any atom is 0.316 e. The molecule has 0 amide bonds. The predicted octanol–water partition coefficient (Wildman–Crippen LogP) is -0.541. The van der Waals surface area contributed by atoms with E-state index in [1.165, 1.54) is 0 Å². The summed E-state index contributed by atoms with van der Waals surface area (Å²) in [4.78, 5) is 27.7.